The molecule has 0 aromatic rings. The molecule has 1 amide bonds. The number of ether oxygens (including phenoxy) is 2. The van der Waals surface area contributed by atoms with Crippen LogP contribution < -0.4 is 0 Å². The van der Waals surface area contributed by atoms with E-state index in [4.69, 9.17) is 9.47 Å². The number of halogens is 1. The SMILES string of the molecule is C[C@H]1CN(C(=O)OC(C)(C)C)C[C@@H](CBr)O1. The molecule has 1 saturated heterocycles. The zero-order chi connectivity index (χ0) is 12.3. The lowest BCUT2D eigenvalue weighted by Crippen LogP contribution is -2.51. The minimum absolute atomic E-state index is 0.0521. The molecule has 5 heteroatoms. The molecule has 0 spiro atoms. The van der Waals surface area contributed by atoms with Crippen LogP contribution in [0.25, 0.3) is 0 Å². The van der Waals surface area contributed by atoms with E-state index < -0.39 is 5.60 Å². The van der Waals surface area contributed by atoms with Gasteiger partial charge in [-0.25, -0.2) is 4.79 Å². The van der Waals surface area contributed by atoms with Crippen molar-refractivity contribution >= 4 is 22.0 Å². The van der Waals surface area contributed by atoms with Gasteiger partial charge in [0.15, 0.2) is 0 Å². The second-order valence-corrected chi connectivity index (χ2v) is 5.76. The van der Waals surface area contributed by atoms with Crippen LogP contribution in [-0.4, -0.2) is 47.2 Å². The zero-order valence-electron chi connectivity index (χ0n) is 10.3. The number of rotatable bonds is 1. The maximum atomic E-state index is 11.9. The molecule has 0 saturated carbocycles. The summed E-state index contributed by atoms with van der Waals surface area (Å²) >= 11 is 3.37. The van der Waals surface area contributed by atoms with Gasteiger partial charge in [0, 0.05) is 5.33 Å². The summed E-state index contributed by atoms with van der Waals surface area (Å²) in [5.41, 5.74) is -0.442. The Morgan fingerprint density at radius 1 is 1.50 bits per heavy atom. The molecule has 1 heterocycles. The van der Waals surface area contributed by atoms with Gasteiger partial charge in [0.2, 0.25) is 0 Å². The number of carbonyl (C=O) groups is 1. The summed E-state index contributed by atoms with van der Waals surface area (Å²) < 4.78 is 11.0. The van der Waals surface area contributed by atoms with E-state index in [0.717, 1.165) is 5.33 Å². The maximum absolute atomic E-state index is 11.9. The third-order valence-corrected chi connectivity index (χ3v) is 2.87. The fourth-order valence-corrected chi connectivity index (χ4v) is 1.96. The van der Waals surface area contributed by atoms with Crippen LogP contribution in [0.2, 0.25) is 0 Å². The summed E-state index contributed by atoms with van der Waals surface area (Å²) in [6, 6.07) is 0. The van der Waals surface area contributed by atoms with Crippen molar-refractivity contribution in [3.05, 3.63) is 0 Å². The van der Waals surface area contributed by atoms with Crippen LogP contribution in [-0.2, 0) is 9.47 Å². The molecular weight excluding hydrogens is 274 g/mol. The van der Waals surface area contributed by atoms with E-state index >= 15 is 0 Å². The first kappa shape index (κ1) is 13.8. The number of nitrogens with zero attached hydrogens (tertiary/aromatic N) is 1. The van der Waals surface area contributed by atoms with E-state index in [-0.39, 0.29) is 18.3 Å². The van der Waals surface area contributed by atoms with Crippen molar-refractivity contribution in [2.75, 3.05) is 18.4 Å². The predicted molar refractivity (Wildman–Crippen MR) is 65.9 cm³/mol. The number of morpholine rings is 1. The third-order valence-electron chi connectivity index (χ3n) is 2.15. The quantitative estimate of drug-likeness (QED) is 0.697. The third kappa shape index (κ3) is 4.29. The van der Waals surface area contributed by atoms with Gasteiger partial charge in [0.05, 0.1) is 25.3 Å². The summed E-state index contributed by atoms with van der Waals surface area (Å²) in [6.07, 6.45) is -0.145. The molecule has 1 fully saturated rings. The highest BCUT2D eigenvalue weighted by molar-refractivity contribution is 9.09. The lowest BCUT2D eigenvalue weighted by Gasteiger charge is -2.36. The number of carbonyl (C=O) groups excluding carboxylic acids is 1. The Hall–Kier alpha value is -0.290. The van der Waals surface area contributed by atoms with E-state index in [9.17, 15) is 4.79 Å². The molecule has 2 atom stereocenters. The number of alkyl halides is 1. The van der Waals surface area contributed by atoms with Gasteiger partial charge in [-0.15, -0.1) is 0 Å². The highest BCUT2D eigenvalue weighted by Crippen LogP contribution is 2.16. The first-order valence-corrected chi connectivity index (χ1v) is 6.63. The smallest absolute Gasteiger partial charge is 0.410 e. The van der Waals surface area contributed by atoms with E-state index in [1.54, 1.807) is 4.90 Å². The Labute approximate surface area is 105 Å². The van der Waals surface area contributed by atoms with Crippen LogP contribution in [0, 0.1) is 0 Å². The van der Waals surface area contributed by atoms with Crippen molar-refractivity contribution in [3.8, 4) is 0 Å². The minimum Gasteiger partial charge on any atom is -0.444 e. The van der Waals surface area contributed by atoms with Crippen LogP contribution in [0.1, 0.15) is 27.7 Å². The van der Waals surface area contributed by atoms with E-state index in [0.29, 0.717) is 13.1 Å². The summed E-state index contributed by atoms with van der Waals surface area (Å²) in [5, 5.41) is 0.733. The molecule has 1 aliphatic heterocycles. The summed E-state index contributed by atoms with van der Waals surface area (Å²) in [7, 11) is 0. The van der Waals surface area contributed by atoms with Gasteiger partial charge >= 0.3 is 6.09 Å². The summed E-state index contributed by atoms with van der Waals surface area (Å²) in [4.78, 5) is 13.6. The number of hydrogen-bond acceptors (Lipinski definition) is 3. The highest BCUT2D eigenvalue weighted by Gasteiger charge is 2.30. The van der Waals surface area contributed by atoms with Crippen molar-refractivity contribution in [1.29, 1.82) is 0 Å². The normalized spacial score (nSPS) is 26.7. The molecule has 16 heavy (non-hydrogen) atoms. The first-order valence-electron chi connectivity index (χ1n) is 5.51. The van der Waals surface area contributed by atoms with Gasteiger partial charge in [-0.3, -0.25) is 0 Å². The predicted octanol–water partition coefficient (Wildman–Crippen LogP) is 2.41. The fraction of sp³-hybridized carbons (Fsp3) is 0.909. The molecule has 0 unspecified atom stereocenters. The average Bonchev–Trinajstić information content (AvgIpc) is 2.14. The summed E-state index contributed by atoms with van der Waals surface area (Å²) in [6.45, 7) is 8.76. The van der Waals surface area contributed by atoms with Crippen molar-refractivity contribution in [2.24, 2.45) is 0 Å². The van der Waals surface area contributed by atoms with Crippen LogP contribution in [0.5, 0.6) is 0 Å². The Morgan fingerprint density at radius 3 is 2.62 bits per heavy atom. The zero-order valence-corrected chi connectivity index (χ0v) is 11.9. The number of hydrogen-bond donors (Lipinski definition) is 0. The largest absolute Gasteiger partial charge is 0.444 e. The Morgan fingerprint density at radius 2 is 2.12 bits per heavy atom. The second-order valence-electron chi connectivity index (χ2n) is 5.11. The highest BCUT2D eigenvalue weighted by atomic mass is 79.9. The molecule has 94 valence electrons. The molecule has 0 bridgehead atoms. The van der Waals surface area contributed by atoms with Gasteiger partial charge in [0.1, 0.15) is 5.60 Å². The van der Waals surface area contributed by atoms with Crippen LogP contribution in [0.3, 0.4) is 0 Å². The molecule has 0 radical (unpaired) electrons. The van der Waals surface area contributed by atoms with Gasteiger partial charge in [-0.05, 0) is 27.7 Å². The van der Waals surface area contributed by atoms with Gasteiger partial charge < -0.3 is 14.4 Å². The van der Waals surface area contributed by atoms with Crippen molar-refractivity contribution in [1.82, 2.24) is 4.90 Å². The lowest BCUT2D eigenvalue weighted by molar-refractivity contribution is -0.0702. The van der Waals surface area contributed by atoms with Gasteiger partial charge in [0.25, 0.3) is 0 Å². The van der Waals surface area contributed by atoms with Crippen LogP contribution in [0.4, 0.5) is 4.79 Å². The Kier molecular flexibility index (Phi) is 4.62. The Bertz CT molecular complexity index is 252. The molecule has 1 rings (SSSR count). The standard InChI is InChI=1S/C11H20BrNO3/c1-8-6-13(7-9(5-12)15-8)10(14)16-11(2,3)4/h8-9H,5-7H2,1-4H3/t8-,9+/m0/s1. The number of amides is 1. The van der Waals surface area contributed by atoms with Crippen LogP contribution >= 0.6 is 15.9 Å². The topological polar surface area (TPSA) is 38.8 Å². The minimum atomic E-state index is -0.442. The lowest BCUT2D eigenvalue weighted by atomic mass is 10.2. The summed E-state index contributed by atoms with van der Waals surface area (Å²) in [5.74, 6) is 0. The van der Waals surface area contributed by atoms with Crippen molar-refractivity contribution < 1.29 is 14.3 Å². The van der Waals surface area contributed by atoms with E-state index in [2.05, 4.69) is 15.9 Å². The van der Waals surface area contributed by atoms with Crippen molar-refractivity contribution in [3.63, 3.8) is 0 Å². The van der Waals surface area contributed by atoms with Gasteiger partial charge in [-0.1, -0.05) is 15.9 Å². The molecular formula is C11H20BrNO3. The fourth-order valence-electron chi connectivity index (χ4n) is 1.61. The maximum Gasteiger partial charge on any atom is 0.410 e. The van der Waals surface area contributed by atoms with E-state index in [1.165, 1.54) is 0 Å². The van der Waals surface area contributed by atoms with Gasteiger partial charge in [-0.2, -0.15) is 0 Å². The van der Waals surface area contributed by atoms with E-state index in [1.807, 2.05) is 27.7 Å². The molecule has 0 aromatic carbocycles. The van der Waals surface area contributed by atoms with Crippen molar-refractivity contribution in [2.45, 2.75) is 45.5 Å². The molecule has 4 nitrogen and oxygen atoms in total. The molecule has 0 N–H and O–H groups in total. The first-order chi connectivity index (χ1) is 7.31. The molecule has 0 aromatic heterocycles. The monoisotopic (exact) mass is 293 g/mol. The molecule has 1 aliphatic rings. The Balaban J connectivity index is 2.55. The molecule has 0 aliphatic carbocycles. The van der Waals surface area contributed by atoms with Crippen LogP contribution in [0.15, 0.2) is 0 Å². The second kappa shape index (κ2) is 5.36. The average molecular weight is 294 g/mol.